The number of carbonyl (C=O) groups is 1. The number of rotatable bonds is 9. The Kier molecular flexibility index (Phi) is 5.35. The van der Waals surface area contributed by atoms with Crippen LogP contribution in [0.25, 0.3) is 11.2 Å². The van der Waals surface area contributed by atoms with Gasteiger partial charge in [-0.1, -0.05) is 18.2 Å². The van der Waals surface area contributed by atoms with Crippen molar-refractivity contribution in [2.75, 3.05) is 19.5 Å². The van der Waals surface area contributed by atoms with Crippen LogP contribution in [-0.4, -0.2) is 45.2 Å². The summed E-state index contributed by atoms with van der Waals surface area (Å²) in [5.41, 5.74) is 7.26. The third kappa shape index (κ3) is 4.07. The Hall–Kier alpha value is -3.01. The van der Waals surface area contributed by atoms with Gasteiger partial charge in [-0.15, -0.1) is 0 Å². The average molecular weight is 472 g/mol. The summed E-state index contributed by atoms with van der Waals surface area (Å²) in [5, 5.41) is 2.68. The van der Waals surface area contributed by atoms with Crippen molar-refractivity contribution >= 4 is 30.7 Å². The molecule has 2 fully saturated rings. The van der Waals surface area contributed by atoms with E-state index in [2.05, 4.69) is 20.0 Å². The number of anilines is 1. The molecule has 5 atom stereocenters. The van der Waals surface area contributed by atoms with Crippen LogP contribution >= 0.6 is 7.75 Å². The van der Waals surface area contributed by atoms with E-state index in [1.54, 1.807) is 37.5 Å². The minimum Gasteiger partial charge on any atom is -0.468 e. The van der Waals surface area contributed by atoms with Crippen LogP contribution in [0, 0.1) is 11.3 Å². The molecule has 2 unspecified atom stereocenters. The van der Waals surface area contributed by atoms with Gasteiger partial charge in [0.2, 0.25) is 0 Å². The zero-order valence-corrected chi connectivity index (χ0v) is 19.1. The molecule has 11 nitrogen and oxygen atoms in total. The molecule has 33 heavy (non-hydrogen) atoms. The summed E-state index contributed by atoms with van der Waals surface area (Å²) < 4.78 is 31.7. The predicted molar refractivity (Wildman–Crippen MR) is 119 cm³/mol. The molecule has 2 aromatic heterocycles. The number of methoxy groups -OCH3 is 1. The van der Waals surface area contributed by atoms with Crippen molar-refractivity contribution in [3.05, 3.63) is 43.0 Å². The highest BCUT2D eigenvalue weighted by molar-refractivity contribution is 7.52. The SMILES string of the molecule is COC(=O)C(C)NP(=O)(OC[C@@H]1C[C@]12C[C@@H]2n1cnc2c(N)ncnc21)Oc1ccccc1. The third-order valence-corrected chi connectivity index (χ3v) is 8.04. The lowest BCUT2D eigenvalue weighted by atomic mass is 10.3. The molecule has 1 aromatic carbocycles. The van der Waals surface area contributed by atoms with Gasteiger partial charge in [0.15, 0.2) is 11.5 Å². The summed E-state index contributed by atoms with van der Waals surface area (Å²) in [5.74, 6) is 0.368. The molecule has 0 bridgehead atoms. The number of aromatic nitrogens is 4. The maximum atomic E-state index is 13.5. The number of benzene rings is 1. The number of carbonyl (C=O) groups excluding carboxylic acids is 1. The third-order valence-electron chi connectivity index (χ3n) is 6.40. The van der Waals surface area contributed by atoms with Crippen molar-refractivity contribution in [2.24, 2.45) is 11.3 Å². The quantitative estimate of drug-likeness (QED) is 0.352. The van der Waals surface area contributed by atoms with Crippen LogP contribution in [0.5, 0.6) is 5.75 Å². The normalized spacial score (nSPS) is 26.0. The predicted octanol–water partition coefficient (Wildman–Crippen LogP) is 2.71. The topological polar surface area (TPSA) is 143 Å². The van der Waals surface area contributed by atoms with E-state index in [1.165, 1.54) is 13.4 Å². The second-order valence-electron chi connectivity index (χ2n) is 8.51. The smallest absolute Gasteiger partial charge is 0.459 e. The first kappa shape index (κ1) is 21.8. The van der Waals surface area contributed by atoms with E-state index >= 15 is 0 Å². The van der Waals surface area contributed by atoms with Gasteiger partial charge in [-0.25, -0.2) is 19.5 Å². The molecule has 174 valence electrons. The molecule has 0 amide bonds. The van der Waals surface area contributed by atoms with E-state index in [0.29, 0.717) is 22.7 Å². The number of hydrogen-bond acceptors (Lipinski definition) is 9. The molecule has 3 N–H and O–H groups in total. The first-order valence-corrected chi connectivity index (χ1v) is 12.2. The highest BCUT2D eigenvalue weighted by Gasteiger charge is 2.71. The summed E-state index contributed by atoms with van der Waals surface area (Å²) in [6, 6.07) is 8.06. The van der Waals surface area contributed by atoms with Crippen LogP contribution < -0.4 is 15.3 Å². The van der Waals surface area contributed by atoms with Crippen LogP contribution in [0.2, 0.25) is 0 Å². The number of nitrogens with zero attached hydrogens (tertiary/aromatic N) is 4. The summed E-state index contributed by atoms with van der Waals surface area (Å²) in [6.07, 6.45) is 5.06. The molecule has 0 saturated heterocycles. The summed E-state index contributed by atoms with van der Waals surface area (Å²) in [4.78, 5) is 24.5. The number of hydrogen-bond donors (Lipinski definition) is 2. The van der Waals surface area contributed by atoms with Gasteiger partial charge in [0.1, 0.15) is 23.6 Å². The fourth-order valence-electron chi connectivity index (χ4n) is 4.42. The molecule has 12 heteroatoms. The van der Waals surface area contributed by atoms with Gasteiger partial charge in [0.25, 0.3) is 0 Å². The van der Waals surface area contributed by atoms with Crippen molar-refractivity contribution in [3.63, 3.8) is 0 Å². The molecule has 3 aromatic rings. The van der Waals surface area contributed by atoms with Gasteiger partial charge in [0, 0.05) is 6.04 Å². The fraction of sp³-hybridized carbons (Fsp3) is 0.429. The Morgan fingerprint density at radius 3 is 2.85 bits per heavy atom. The minimum atomic E-state index is -3.84. The molecule has 0 aliphatic heterocycles. The van der Waals surface area contributed by atoms with Crippen molar-refractivity contribution in [2.45, 2.75) is 31.8 Å². The van der Waals surface area contributed by atoms with Crippen LogP contribution in [0.1, 0.15) is 25.8 Å². The van der Waals surface area contributed by atoms with Gasteiger partial charge >= 0.3 is 13.7 Å². The number of ether oxygens (including phenoxy) is 1. The van der Waals surface area contributed by atoms with Gasteiger partial charge in [0.05, 0.1) is 20.0 Å². The van der Waals surface area contributed by atoms with Crippen LogP contribution in [0.15, 0.2) is 43.0 Å². The van der Waals surface area contributed by atoms with Gasteiger partial charge in [-0.3, -0.25) is 9.32 Å². The number of nitrogens with two attached hydrogens (primary N) is 1. The maximum absolute atomic E-state index is 13.5. The first-order chi connectivity index (χ1) is 15.8. The van der Waals surface area contributed by atoms with E-state index in [1.807, 2.05) is 10.6 Å². The zero-order valence-electron chi connectivity index (χ0n) is 18.2. The Bertz CT molecular complexity index is 1240. The van der Waals surface area contributed by atoms with Gasteiger partial charge in [-0.05, 0) is 43.2 Å². The number of para-hydroxylation sites is 1. The van der Waals surface area contributed by atoms with Crippen LogP contribution in [-0.2, 0) is 18.6 Å². The standard InChI is InChI=1S/C21H25N6O5P/c1-13(20(28)30-2)26-33(29,32-15-6-4-3-5-7-15)31-10-14-8-21(14)9-16(21)27-12-25-17-18(22)23-11-24-19(17)27/h3-7,11-14,16H,8-10H2,1-2H3,(H,26,29)(H2,22,23,24)/t13?,14-,16-,21-,33?/m0/s1. The number of esters is 1. The van der Waals surface area contributed by atoms with E-state index in [-0.39, 0.29) is 24.0 Å². The van der Waals surface area contributed by atoms with E-state index in [4.69, 9.17) is 19.5 Å². The average Bonchev–Trinajstić information content (AvgIpc) is 3.65. The van der Waals surface area contributed by atoms with Crippen LogP contribution in [0.3, 0.4) is 0 Å². The number of nitrogen functional groups attached to an aromatic ring is 1. The Morgan fingerprint density at radius 1 is 1.30 bits per heavy atom. The maximum Gasteiger partial charge on any atom is 0.459 e. The van der Waals surface area contributed by atoms with Gasteiger partial charge < -0.3 is 19.6 Å². The summed E-state index contributed by atoms with van der Waals surface area (Å²) in [6.45, 7) is 1.77. The van der Waals surface area contributed by atoms with Crippen LogP contribution in [0.4, 0.5) is 5.82 Å². The highest BCUT2D eigenvalue weighted by Crippen LogP contribution is 2.77. The lowest BCUT2D eigenvalue weighted by Crippen LogP contribution is -2.34. The second-order valence-corrected chi connectivity index (χ2v) is 10.2. The lowest BCUT2D eigenvalue weighted by Gasteiger charge is -2.22. The lowest BCUT2D eigenvalue weighted by molar-refractivity contribution is -0.142. The molecular weight excluding hydrogens is 447 g/mol. The fourth-order valence-corrected chi connectivity index (χ4v) is 5.96. The summed E-state index contributed by atoms with van der Waals surface area (Å²) >= 11 is 0. The Morgan fingerprint density at radius 2 is 2.09 bits per heavy atom. The van der Waals surface area contributed by atoms with Gasteiger partial charge in [-0.2, -0.15) is 5.09 Å². The van der Waals surface area contributed by atoms with E-state index < -0.39 is 19.8 Å². The van der Waals surface area contributed by atoms with Crippen molar-refractivity contribution < 1.29 is 23.1 Å². The number of imidazole rings is 1. The molecule has 2 aliphatic rings. The minimum absolute atomic E-state index is 0.0544. The molecule has 2 saturated carbocycles. The first-order valence-electron chi connectivity index (χ1n) is 10.6. The molecule has 5 rings (SSSR count). The number of nitrogens with one attached hydrogen (secondary N) is 1. The molecule has 1 spiro atoms. The Labute approximate surface area is 190 Å². The Balaban J connectivity index is 1.27. The van der Waals surface area contributed by atoms with Crippen molar-refractivity contribution in [1.82, 2.24) is 24.6 Å². The summed E-state index contributed by atoms with van der Waals surface area (Å²) in [7, 11) is -2.57. The molecule has 2 aliphatic carbocycles. The molecule has 2 heterocycles. The number of fused-ring (bicyclic) bond motifs is 1. The van der Waals surface area contributed by atoms with E-state index in [9.17, 15) is 9.36 Å². The zero-order chi connectivity index (χ0) is 23.2. The molecule has 0 radical (unpaired) electrons. The van der Waals surface area contributed by atoms with Crippen molar-refractivity contribution in [1.29, 1.82) is 0 Å². The largest absolute Gasteiger partial charge is 0.468 e. The monoisotopic (exact) mass is 472 g/mol. The van der Waals surface area contributed by atoms with Crippen molar-refractivity contribution in [3.8, 4) is 5.75 Å². The highest BCUT2D eigenvalue weighted by atomic mass is 31.2. The molecular formula is C21H25N6O5P. The van der Waals surface area contributed by atoms with E-state index in [0.717, 1.165) is 12.8 Å². The second kappa shape index (κ2) is 8.09.